The second-order valence-corrected chi connectivity index (χ2v) is 8.93. The predicted molar refractivity (Wildman–Crippen MR) is 126 cm³/mol. The zero-order chi connectivity index (χ0) is 21.7. The highest BCUT2D eigenvalue weighted by Gasteiger charge is 2.34. The lowest BCUT2D eigenvalue weighted by Crippen LogP contribution is -1.99. The summed E-state index contributed by atoms with van der Waals surface area (Å²) >= 11 is 1.59. The molecule has 5 rings (SSSR count). The minimum atomic E-state index is -0.161. The normalized spacial score (nSPS) is 13.3. The Morgan fingerprint density at radius 1 is 1.00 bits per heavy atom. The Bertz CT molecular complexity index is 1350. The van der Waals surface area contributed by atoms with Crippen molar-refractivity contribution in [1.29, 1.82) is 0 Å². The topological polar surface area (TPSA) is 52.0 Å². The van der Waals surface area contributed by atoms with Crippen molar-refractivity contribution in [3.8, 4) is 11.3 Å². The van der Waals surface area contributed by atoms with Crippen molar-refractivity contribution >= 4 is 39.2 Å². The number of benzene rings is 1. The van der Waals surface area contributed by atoms with Crippen LogP contribution >= 0.6 is 11.3 Å². The maximum atomic E-state index is 13.0. The van der Waals surface area contributed by atoms with Gasteiger partial charge in [-0.25, -0.2) is 0 Å². The van der Waals surface area contributed by atoms with Crippen LogP contribution in [0.4, 0.5) is 0 Å². The summed E-state index contributed by atoms with van der Waals surface area (Å²) in [7, 11) is 2.02. The first-order valence-electron chi connectivity index (χ1n) is 10.5. The molecular weight excluding hydrogens is 404 g/mol. The Labute approximate surface area is 184 Å². The van der Waals surface area contributed by atoms with Crippen molar-refractivity contribution in [1.82, 2.24) is 9.55 Å². The number of pyridine rings is 1. The van der Waals surface area contributed by atoms with Crippen molar-refractivity contribution < 1.29 is 9.59 Å². The number of hydrogen-bond donors (Lipinski definition) is 0. The van der Waals surface area contributed by atoms with E-state index in [0.29, 0.717) is 11.1 Å². The van der Waals surface area contributed by atoms with E-state index in [2.05, 4.69) is 29.5 Å². The number of hydrogen-bond acceptors (Lipinski definition) is 4. The molecule has 4 aromatic rings. The van der Waals surface area contributed by atoms with Crippen LogP contribution in [0.1, 0.15) is 50.6 Å². The maximum Gasteiger partial charge on any atom is 0.197 e. The van der Waals surface area contributed by atoms with Gasteiger partial charge in [0, 0.05) is 41.0 Å². The van der Waals surface area contributed by atoms with E-state index < -0.39 is 0 Å². The van der Waals surface area contributed by atoms with Gasteiger partial charge < -0.3 is 4.57 Å². The van der Waals surface area contributed by atoms with Crippen molar-refractivity contribution in [3.05, 3.63) is 81.5 Å². The molecule has 1 aliphatic rings. The average Bonchev–Trinajstić information content (AvgIpc) is 3.41. The number of ketones is 2. The summed E-state index contributed by atoms with van der Waals surface area (Å²) in [6, 6.07) is 12.0. The maximum absolute atomic E-state index is 13.0. The molecule has 1 aromatic carbocycles. The van der Waals surface area contributed by atoms with Gasteiger partial charge in [-0.2, -0.15) is 0 Å². The third-order valence-corrected chi connectivity index (χ3v) is 7.09. The number of carbonyl (C=O) groups is 2. The lowest BCUT2D eigenvalue weighted by Gasteiger charge is -2.07. The van der Waals surface area contributed by atoms with Crippen LogP contribution in [0, 0.1) is 0 Å². The van der Waals surface area contributed by atoms with Gasteiger partial charge in [0.2, 0.25) is 0 Å². The summed E-state index contributed by atoms with van der Waals surface area (Å²) in [5.74, 6) is -0.322. The van der Waals surface area contributed by atoms with Crippen LogP contribution in [0.2, 0.25) is 0 Å². The van der Waals surface area contributed by atoms with E-state index in [1.165, 1.54) is 0 Å². The number of rotatable bonds is 4. The van der Waals surface area contributed by atoms with E-state index in [4.69, 9.17) is 0 Å². The molecule has 0 bridgehead atoms. The molecule has 0 saturated heterocycles. The number of allylic oxidation sites excluding steroid dienone is 1. The van der Waals surface area contributed by atoms with Crippen LogP contribution in [-0.2, 0) is 19.9 Å². The fourth-order valence-corrected chi connectivity index (χ4v) is 5.46. The molecule has 5 heteroatoms. The van der Waals surface area contributed by atoms with Gasteiger partial charge in [0.25, 0.3) is 0 Å². The minimum absolute atomic E-state index is 0.161. The third kappa shape index (κ3) is 3.08. The van der Waals surface area contributed by atoms with Crippen molar-refractivity contribution in [2.24, 2.45) is 7.05 Å². The van der Waals surface area contributed by atoms with Crippen molar-refractivity contribution in [2.45, 2.75) is 26.7 Å². The smallest absolute Gasteiger partial charge is 0.197 e. The van der Waals surface area contributed by atoms with Crippen LogP contribution in [0.3, 0.4) is 0 Å². The molecule has 0 unspecified atom stereocenters. The molecule has 0 atom stereocenters. The van der Waals surface area contributed by atoms with Crippen LogP contribution < -0.4 is 0 Å². The number of aryl methyl sites for hydroxylation is 3. The summed E-state index contributed by atoms with van der Waals surface area (Å²) < 4.78 is 3.24. The third-order valence-electron chi connectivity index (χ3n) is 6.07. The Hall–Kier alpha value is -3.31. The Morgan fingerprint density at radius 3 is 2.23 bits per heavy atom. The molecule has 0 aliphatic heterocycles. The van der Waals surface area contributed by atoms with Gasteiger partial charge in [0.15, 0.2) is 11.6 Å². The summed E-state index contributed by atoms with van der Waals surface area (Å²) in [6.07, 6.45) is 7.08. The number of thiophene rings is 1. The molecule has 0 fully saturated rings. The van der Waals surface area contributed by atoms with Gasteiger partial charge in [-0.1, -0.05) is 13.8 Å². The molecule has 0 N–H and O–H groups in total. The predicted octanol–water partition coefficient (Wildman–Crippen LogP) is 5.89. The van der Waals surface area contributed by atoms with Crippen LogP contribution in [0.5, 0.6) is 0 Å². The fraction of sp³-hybridized carbons (Fsp3) is 0.192. The fourth-order valence-electron chi connectivity index (χ4n) is 4.38. The standard InChI is InChI=1S/C26H22N2O2S/c1-4-15-9-19-20(10-16(15)5-2)26(30)21(25(19)29)11-18-12-23-24(31-18)13-22(28(23)3)17-7-6-8-27-14-17/h6-14H,4-5H2,1-3H3. The molecule has 4 nitrogen and oxygen atoms in total. The Balaban J connectivity index is 1.55. The summed E-state index contributed by atoms with van der Waals surface area (Å²) in [6.45, 7) is 4.16. The molecule has 0 amide bonds. The first-order chi connectivity index (χ1) is 15.0. The molecule has 0 radical (unpaired) electrons. The molecule has 3 heterocycles. The Morgan fingerprint density at radius 2 is 1.68 bits per heavy atom. The minimum Gasteiger partial charge on any atom is -0.343 e. The van der Waals surface area contributed by atoms with Gasteiger partial charge in [0.1, 0.15) is 0 Å². The molecule has 1 aliphatic carbocycles. The van der Waals surface area contributed by atoms with Gasteiger partial charge in [-0.15, -0.1) is 11.3 Å². The lowest BCUT2D eigenvalue weighted by molar-refractivity contribution is 0.0990. The van der Waals surface area contributed by atoms with E-state index in [1.807, 2.05) is 43.6 Å². The molecule has 0 spiro atoms. The number of Topliss-reactive ketones (excluding diaryl/α,β-unsaturated/α-hetero) is 2. The second kappa shape index (κ2) is 7.43. The first-order valence-corrected chi connectivity index (χ1v) is 11.3. The van der Waals surface area contributed by atoms with Crippen LogP contribution in [0.25, 0.3) is 27.6 Å². The second-order valence-electron chi connectivity index (χ2n) is 7.82. The van der Waals surface area contributed by atoms with Gasteiger partial charge >= 0.3 is 0 Å². The molecule has 0 saturated carbocycles. The number of aromatic nitrogens is 2. The summed E-state index contributed by atoms with van der Waals surface area (Å²) in [5.41, 5.74) is 6.88. The molecular formula is C26H22N2O2S. The van der Waals surface area contributed by atoms with E-state index in [-0.39, 0.29) is 17.1 Å². The largest absolute Gasteiger partial charge is 0.343 e. The average molecular weight is 427 g/mol. The zero-order valence-electron chi connectivity index (χ0n) is 17.7. The highest BCUT2D eigenvalue weighted by molar-refractivity contribution is 7.19. The van der Waals surface area contributed by atoms with Gasteiger partial charge in [-0.05, 0) is 66.4 Å². The molecule has 3 aromatic heterocycles. The van der Waals surface area contributed by atoms with E-state index >= 15 is 0 Å². The van der Waals surface area contributed by atoms with Gasteiger partial charge in [0.05, 0.1) is 21.5 Å². The number of fused-ring (bicyclic) bond motifs is 2. The first kappa shape index (κ1) is 19.6. The SMILES string of the molecule is CCc1cc2c(cc1CC)C(=O)C(=Cc1cc3c(cc(-c4cccnc4)n3C)s1)C2=O. The molecule has 31 heavy (non-hydrogen) atoms. The van der Waals surface area contributed by atoms with Gasteiger partial charge in [-0.3, -0.25) is 14.6 Å². The summed E-state index contributed by atoms with van der Waals surface area (Å²) in [5, 5.41) is 0. The molecule has 154 valence electrons. The van der Waals surface area contributed by atoms with Crippen LogP contribution in [0.15, 0.2) is 54.4 Å². The van der Waals surface area contributed by atoms with Crippen molar-refractivity contribution in [2.75, 3.05) is 0 Å². The highest BCUT2D eigenvalue weighted by atomic mass is 32.1. The number of nitrogens with zero attached hydrogens (tertiary/aromatic N) is 2. The van der Waals surface area contributed by atoms with Crippen LogP contribution in [-0.4, -0.2) is 21.1 Å². The zero-order valence-corrected chi connectivity index (χ0v) is 18.5. The summed E-state index contributed by atoms with van der Waals surface area (Å²) in [4.78, 5) is 31.2. The van der Waals surface area contributed by atoms with E-state index in [0.717, 1.165) is 50.3 Å². The van der Waals surface area contributed by atoms with E-state index in [9.17, 15) is 9.59 Å². The highest BCUT2D eigenvalue weighted by Crippen LogP contribution is 2.36. The number of carbonyl (C=O) groups excluding carboxylic acids is 2. The lowest BCUT2D eigenvalue weighted by atomic mass is 9.96. The monoisotopic (exact) mass is 426 g/mol. The van der Waals surface area contributed by atoms with E-state index in [1.54, 1.807) is 23.6 Å². The quantitative estimate of drug-likeness (QED) is 0.302. The van der Waals surface area contributed by atoms with Crippen molar-refractivity contribution in [3.63, 3.8) is 0 Å². The Kier molecular flexibility index (Phi) is 4.71.